The van der Waals surface area contributed by atoms with Gasteiger partial charge in [0.05, 0.1) is 6.61 Å². The molecule has 3 aromatic rings. The molecular formula is C29H27F3O. The fourth-order valence-electron chi connectivity index (χ4n) is 5.09. The molecule has 1 unspecified atom stereocenters. The number of hydrogen-bond acceptors (Lipinski definition) is 1. The second kappa shape index (κ2) is 9.18. The van der Waals surface area contributed by atoms with Crippen molar-refractivity contribution in [2.24, 2.45) is 0 Å². The molecular weight excluding hydrogens is 421 g/mol. The summed E-state index contributed by atoms with van der Waals surface area (Å²) in [6.45, 7) is 2.53. The normalized spacial score (nSPS) is 22.6. The highest BCUT2D eigenvalue weighted by molar-refractivity contribution is 5.67. The second-order valence-corrected chi connectivity index (χ2v) is 9.10. The van der Waals surface area contributed by atoms with E-state index in [4.69, 9.17) is 4.74 Å². The molecule has 1 saturated heterocycles. The maximum atomic E-state index is 15.1. The third-order valence-electron chi connectivity index (χ3n) is 7.04. The molecule has 0 radical (unpaired) electrons. The van der Waals surface area contributed by atoms with Crippen molar-refractivity contribution in [1.82, 2.24) is 0 Å². The van der Waals surface area contributed by atoms with Gasteiger partial charge in [-0.3, -0.25) is 0 Å². The van der Waals surface area contributed by atoms with E-state index in [0.29, 0.717) is 23.3 Å². The largest absolute Gasteiger partial charge is 0.368 e. The minimum absolute atomic E-state index is 0.0224. The summed E-state index contributed by atoms with van der Waals surface area (Å²) in [5.74, 6) is -1.51. The Labute approximate surface area is 192 Å². The molecule has 0 spiro atoms. The zero-order valence-electron chi connectivity index (χ0n) is 18.7. The van der Waals surface area contributed by atoms with Crippen LogP contribution in [0.4, 0.5) is 13.2 Å². The summed E-state index contributed by atoms with van der Waals surface area (Å²) in [5, 5.41) is 0. The van der Waals surface area contributed by atoms with Crippen molar-refractivity contribution in [2.75, 3.05) is 6.61 Å². The Morgan fingerprint density at radius 3 is 2.09 bits per heavy atom. The average molecular weight is 449 g/mol. The van der Waals surface area contributed by atoms with Crippen molar-refractivity contribution in [3.8, 4) is 11.1 Å². The van der Waals surface area contributed by atoms with Crippen molar-refractivity contribution in [3.63, 3.8) is 0 Å². The lowest BCUT2D eigenvalue weighted by molar-refractivity contribution is 0.380. The maximum absolute atomic E-state index is 15.1. The Bertz CT molecular complexity index is 1170. The Kier molecular flexibility index (Phi) is 6.11. The molecule has 0 aromatic heterocycles. The molecule has 5 rings (SSSR count). The summed E-state index contributed by atoms with van der Waals surface area (Å²) in [6.07, 6.45) is 6.98. The van der Waals surface area contributed by atoms with Gasteiger partial charge < -0.3 is 4.74 Å². The van der Waals surface area contributed by atoms with E-state index >= 15 is 8.78 Å². The van der Waals surface area contributed by atoms with E-state index in [1.807, 2.05) is 55.5 Å². The van der Waals surface area contributed by atoms with Crippen molar-refractivity contribution < 1.29 is 17.9 Å². The van der Waals surface area contributed by atoms with Gasteiger partial charge >= 0.3 is 0 Å². The highest BCUT2D eigenvalue weighted by Gasteiger charge is 2.30. The summed E-state index contributed by atoms with van der Waals surface area (Å²) in [4.78, 5) is 0. The summed E-state index contributed by atoms with van der Waals surface area (Å²) >= 11 is 0. The van der Waals surface area contributed by atoms with Crippen molar-refractivity contribution in [1.29, 1.82) is 0 Å². The predicted molar refractivity (Wildman–Crippen MR) is 126 cm³/mol. The molecule has 0 N–H and O–H groups in total. The van der Waals surface area contributed by atoms with Crippen LogP contribution in [0, 0.1) is 17.5 Å². The number of halogens is 3. The van der Waals surface area contributed by atoms with E-state index < -0.39 is 11.6 Å². The van der Waals surface area contributed by atoms with Gasteiger partial charge in [-0.15, -0.1) is 0 Å². The third-order valence-corrected chi connectivity index (χ3v) is 7.04. The Hall–Kier alpha value is -2.85. The van der Waals surface area contributed by atoms with Crippen molar-refractivity contribution >= 4 is 6.08 Å². The van der Waals surface area contributed by atoms with Crippen LogP contribution in [0.3, 0.4) is 0 Å². The van der Waals surface area contributed by atoms with E-state index in [-0.39, 0.29) is 29.3 Å². The van der Waals surface area contributed by atoms with Crippen LogP contribution in [0.15, 0.2) is 60.7 Å². The lowest BCUT2D eigenvalue weighted by atomic mass is 9.75. The Balaban J connectivity index is 1.29. The van der Waals surface area contributed by atoms with Crippen LogP contribution in [-0.2, 0) is 4.74 Å². The number of benzene rings is 3. The van der Waals surface area contributed by atoms with Gasteiger partial charge in [0.15, 0.2) is 11.6 Å². The quantitative estimate of drug-likeness (QED) is 0.358. The first-order valence-electron chi connectivity index (χ1n) is 11.7. The molecule has 2 aliphatic rings. The standard InChI is InChI=1S/C29H27F3O/c1-2-3-18-4-6-20(7-5-18)23-14-15-24(29(32)28(23)31)21-10-8-19(9-11-21)22-12-13-25(26(30)16-22)27-17-33-27/h2-7,12-16,19,21,27H,8-11,17H2,1H3/b3-2+. The molecule has 4 heteroatoms. The van der Waals surface area contributed by atoms with E-state index in [1.54, 1.807) is 18.2 Å². The molecule has 1 nitrogen and oxygen atoms in total. The molecule has 1 aliphatic heterocycles. The summed E-state index contributed by atoms with van der Waals surface area (Å²) in [7, 11) is 0. The van der Waals surface area contributed by atoms with Gasteiger partial charge in [0.25, 0.3) is 0 Å². The average Bonchev–Trinajstić information content (AvgIpc) is 3.67. The zero-order valence-corrected chi connectivity index (χ0v) is 18.7. The Morgan fingerprint density at radius 2 is 1.45 bits per heavy atom. The van der Waals surface area contributed by atoms with Crippen LogP contribution in [-0.4, -0.2) is 6.61 Å². The molecule has 3 aromatic carbocycles. The first-order chi connectivity index (χ1) is 16.0. The minimum Gasteiger partial charge on any atom is -0.368 e. The predicted octanol–water partition coefficient (Wildman–Crippen LogP) is 8.32. The first kappa shape index (κ1) is 22.0. The van der Waals surface area contributed by atoms with E-state index in [2.05, 4.69) is 0 Å². The van der Waals surface area contributed by atoms with Crippen LogP contribution in [0.5, 0.6) is 0 Å². The molecule has 1 saturated carbocycles. The number of allylic oxidation sites excluding steroid dienone is 1. The maximum Gasteiger partial charge on any atom is 0.166 e. The molecule has 2 fully saturated rings. The van der Waals surface area contributed by atoms with Gasteiger partial charge in [-0.25, -0.2) is 13.2 Å². The SMILES string of the molecule is C/C=C/c1ccc(-c2ccc(C3CCC(c4ccc(C5CO5)c(F)c4)CC3)c(F)c2F)cc1. The molecule has 1 aliphatic carbocycles. The first-order valence-corrected chi connectivity index (χ1v) is 11.7. The summed E-state index contributed by atoms with van der Waals surface area (Å²) in [5.41, 5.74) is 4.03. The van der Waals surface area contributed by atoms with Crippen LogP contribution in [0.25, 0.3) is 17.2 Å². The summed E-state index contributed by atoms with van der Waals surface area (Å²) in [6, 6.07) is 16.3. The van der Waals surface area contributed by atoms with Crippen molar-refractivity contribution in [3.05, 3.63) is 100 Å². The van der Waals surface area contributed by atoms with Gasteiger partial charge in [-0.2, -0.15) is 0 Å². The Morgan fingerprint density at radius 1 is 0.788 bits per heavy atom. The van der Waals surface area contributed by atoms with Crippen molar-refractivity contribution in [2.45, 2.75) is 50.5 Å². The number of epoxide rings is 1. The number of rotatable bonds is 5. The lowest BCUT2D eigenvalue weighted by Gasteiger charge is -2.29. The topological polar surface area (TPSA) is 12.5 Å². The summed E-state index contributed by atoms with van der Waals surface area (Å²) < 4.78 is 49.7. The van der Waals surface area contributed by atoms with Gasteiger partial charge in [0.2, 0.25) is 0 Å². The molecule has 1 heterocycles. The minimum atomic E-state index is -0.784. The molecule has 170 valence electrons. The highest BCUT2D eigenvalue weighted by atomic mass is 19.2. The lowest BCUT2D eigenvalue weighted by Crippen LogP contribution is -2.14. The zero-order chi connectivity index (χ0) is 22.9. The van der Waals surface area contributed by atoms with Crippen LogP contribution < -0.4 is 0 Å². The van der Waals surface area contributed by atoms with Gasteiger partial charge in [0.1, 0.15) is 11.9 Å². The van der Waals surface area contributed by atoms with Crippen LogP contribution in [0.2, 0.25) is 0 Å². The second-order valence-electron chi connectivity index (χ2n) is 9.10. The fraction of sp³-hybridized carbons (Fsp3) is 0.310. The van der Waals surface area contributed by atoms with E-state index in [0.717, 1.165) is 36.8 Å². The van der Waals surface area contributed by atoms with Gasteiger partial charge in [0, 0.05) is 11.1 Å². The van der Waals surface area contributed by atoms with Gasteiger partial charge in [-0.1, -0.05) is 60.7 Å². The van der Waals surface area contributed by atoms with Gasteiger partial charge in [-0.05, 0) is 72.8 Å². The van der Waals surface area contributed by atoms with E-state index in [1.165, 1.54) is 0 Å². The number of ether oxygens (including phenoxy) is 1. The molecule has 1 atom stereocenters. The smallest absolute Gasteiger partial charge is 0.166 e. The number of hydrogen-bond donors (Lipinski definition) is 0. The highest BCUT2D eigenvalue weighted by Crippen LogP contribution is 2.43. The fourth-order valence-corrected chi connectivity index (χ4v) is 5.09. The molecule has 0 bridgehead atoms. The monoisotopic (exact) mass is 448 g/mol. The third kappa shape index (κ3) is 4.49. The van der Waals surface area contributed by atoms with Crippen LogP contribution >= 0.6 is 0 Å². The van der Waals surface area contributed by atoms with E-state index in [9.17, 15) is 4.39 Å². The van der Waals surface area contributed by atoms with Crippen LogP contribution in [0.1, 0.15) is 72.8 Å². The molecule has 0 amide bonds. The molecule has 33 heavy (non-hydrogen) atoms.